The van der Waals surface area contributed by atoms with Gasteiger partial charge in [0.05, 0.1) is 16.8 Å². The first-order valence-electron chi connectivity index (χ1n) is 13.4. The topological polar surface area (TPSA) is 134 Å². The zero-order valence-electron chi connectivity index (χ0n) is 23.3. The number of nitrogens with one attached hydrogen (secondary N) is 1. The highest BCUT2D eigenvalue weighted by Crippen LogP contribution is 2.38. The van der Waals surface area contributed by atoms with Gasteiger partial charge in [0.1, 0.15) is 0 Å². The monoisotopic (exact) mass is 615 g/mol. The lowest BCUT2D eigenvalue weighted by molar-refractivity contribution is -0.192. The summed E-state index contributed by atoms with van der Waals surface area (Å²) in [5, 5.41) is 10.3. The fourth-order valence-corrected chi connectivity index (χ4v) is 7.00. The molecule has 0 unspecified atom stereocenters. The Morgan fingerprint density at radius 2 is 1.80 bits per heavy atom. The second-order valence-electron chi connectivity index (χ2n) is 10.5. The summed E-state index contributed by atoms with van der Waals surface area (Å²) in [5.74, 6) is -2.12. The van der Waals surface area contributed by atoms with Crippen molar-refractivity contribution in [2.45, 2.75) is 65.0 Å². The number of primary amides is 1. The molecule has 0 radical (unpaired) electrons. The van der Waals surface area contributed by atoms with Gasteiger partial charge in [-0.2, -0.15) is 13.2 Å². The van der Waals surface area contributed by atoms with Gasteiger partial charge in [-0.15, -0.1) is 11.3 Å². The van der Waals surface area contributed by atoms with Crippen LogP contribution in [-0.4, -0.2) is 59.7 Å². The van der Waals surface area contributed by atoms with E-state index < -0.39 is 28.1 Å². The number of benzene rings is 1. The lowest BCUT2D eigenvalue weighted by Crippen LogP contribution is -2.38. The molecule has 0 bridgehead atoms. The summed E-state index contributed by atoms with van der Waals surface area (Å²) in [4.78, 5) is 25.8. The fraction of sp³-hybridized carbons (Fsp3) is 0.500. The summed E-state index contributed by atoms with van der Waals surface area (Å²) in [6.07, 6.45) is 1.89. The van der Waals surface area contributed by atoms with Gasteiger partial charge in [0, 0.05) is 29.5 Å². The molecule has 4 rings (SSSR count). The number of sulfonamides is 1. The second-order valence-corrected chi connectivity index (χ2v) is 13.8. The number of fused-ring (bicyclic) bond motifs is 1. The number of rotatable bonds is 9. The van der Waals surface area contributed by atoms with Gasteiger partial charge in [-0.05, 0) is 84.7 Å². The summed E-state index contributed by atoms with van der Waals surface area (Å²) in [5.41, 5.74) is 10.3. The van der Waals surface area contributed by atoms with Crippen LogP contribution in [0.4, 0.5) is 13.2 Å². The number of aryl methyl sites for hydroxylation is 1. The van der Waals surface area contributed by atoms with Crippen molar-refractivity contribution in [3.8, 4) is 11.1 Å². The first-order valence-corrected chi connectivity index (χ1v) is 15.9. The van der Waals surface area contributed by atoms with Crippen molar-refractivity contribution in [1.29, 1.82) is 0 Å². The summed E-state index contributed by atoms with van der Waals surface area (Å²) in [6.45, 7) is 7.25. The minimum Gasteiger partial charge on any atom is -0.475 e. The number of amides is 1. The number of aromatic nitrogens is 1. The highest BCUT2D eigenvalue weighted by molar-refractivity contribution is 7.89. The molecule has 13 heteroatoms. The Kier molecular flexibility index (Phi) is 10.6. The van der Waals surface area contributed by atoms with Crippen LogP contribution in [-0.2, 0) is 21.2 Å². The van der Waals surface area contributed by atoms with E-state index in [4.69, 9.17) is 15.6 Å². The maximum atomic E-state index is 12.3. The molecule has 0 atom stereocenters. The van der Waals surface area contributed by atoms with Crippen LogP contribution in [0.2, 0.25) is 0 Å². The quantitative estimate of drug-likeness (QED) is 0.266. The van der Waals surface area contributed by atoms with Crippen LogP contribution in [0.15, 0.2) is 29.8 Å². The summed E-state index contributed by atoms with van der Waals surface area (Å²) in [7, 11) is -3.16. The third kappa shape index (κ3) is 8.32. The molecule has 3 heterocycles. The molecule has 0 aliphatic carbocycles. The van der Waals surface area contributed by atoms with Crippen molar-refractivity contribution in [1.82, 2.24) is 9.29 Å². The number of nitrogens with zero attached hydrogens (tertiary/aromatic N) is 1. The normalized spacial score (nSPS) is 15.2. The van der Waals surface area contributed by atoms with Gasteiger partial charge in [0.25, 0.3) is 5.91 Å². The smallest absolute Gasteiger partial charge is 0.475 e. The number of carbonyl (C=O) groups is 2. The van der Waals surface area contributed by atoms with Gasteiger partial charge in [-0.25, -0.2) is 17.5 Å². The van der Waals surface area contributed by atoms with Crippen molar-refractivity contribution in [3.05, 3.63) is 45.8 Å². The Labute approximate surface area is 241 Å². The highest BCUT2D eigenvalue weighted by atomic mass is 32.2. The molecule has 1 aromatic carbocycles. The predicted octanol–water partition coefficient (Wildman–Crippen LogP) is 6.14. The fourth-order valence-electron chi connectivity index (χ4n) is 4.93. The maximum absolute atomic E-state index is 12.3. The summed E-state index contributed by atoms with van der Waals surface area (Å²) in [6, 6.07) is 6.28. The highest BCUT2D eigenvalue weighted by Gasteiger charge is 2.38. The number of piperidine rings is 1. The van der Waals surface area contributed by atoms with Crippen LogP contribution in [0.25, 0.3) is 22.0 Å². The number of halogens is 3. The average Bonchev–Trinajstić information content (AvgIpc) is 3.55. The molecule has 2 aromatic heterocycles. The zero-order valence-corrected chi connectivity index (χ0v) is 24.9. The molecule has 4 N–H and O–H groups in total. The first kappa shape index (κ1) is 32.6. The SMILES string of the molecule is CCS(=O)(=O)N1CCC(c2c[nH]c3c(C(N)=O)cc(-c4csc(CCCC(C)C)c4)cc23)CC1.O=C(O)C(F)(F)F. The van der Waals surface area contributed by atoms with E-state index in [0.29, 0.717) is 24.6 Å². The average molecular weight is 616 g/mol. The van der Waals surface area contributed by atoms with Gasteiger partial charge in [-0.3, -0.25) is 4.79 Å². The minimum atomic E-state index is -5.08. The molecule has 3 aromatic rings. The lowest BCUT2D eigenvalue weighted by atomic mass is 9.88. The number of carboxylic acids is 1. The third-order valence-corrected chi connectivity index (χ3v) is 10.1. The number of carbonyl (C=O) groups excluding carboxylic acids is 1. The Bertz CT molecular complexity index is 1470. The molecule has 0 spiro atoms. The van der Waals surface area contributed by atoms with Crippen molar-refractivity contribution in [2.24, 2.45) is 11.7 Å². The van der Waals surface area contributed by atoms with Crippen molar-refractivity contribution in [3.63, 3.8) is 0 Å². The number of hydrogen-bond acceptors (Lipinski definition) is 5. The Balaban J connectivity index is 0.000000587. The number of hydrogen-bond donors (Lipinski definition) is 3. The van der Waals surface area contributed by atoms with Gasteiger partial charge in [0.15, 0.2) is 0 Å². The molecule has 0 saturated carbocycles. The summed E-state index contributed by atoms with van der Waals surface area (Å²) >= 11 is 1.77. The van der Waals surface area contributed by atoms with Gasteiger partial charge >= 0.3 is 12.1 Å². The molecule has 1 fully saturated rings. The minimum absolute atomic E-state index is 0.135. The number of alkyl halides is 3. The molecular formula is C28H36F3N3O5S2. The molecular weight excluding hydrogens is 579 g/mol. The number of thiophene rings is 1. The van der Waals surface area contributed by atoms with E-state index in [1.54, 1.807) is 22.6 Å². The van der Waals surface area contributed by atoms with Crippen LogP contribution in [0, 0.1) is 5.92 Å². The second kappa shape index (κ2) is 13.4. The number of nitrogens with two attached hydrogens (primary N) is 1. The molecule has 8 nitrogen and oxygen atoms in total. The molecule has 41 heavy (non-hydrogen) atoms. The maximum Gasteiger partial charge on any atom is 0.490 e. The van der Waals surface area contributed by atoms with Crippen molar-refractivity contribution < 1.29 is 36.3 Å². The predicted molar refractivity (Wildman–Crippen MR) is 155 cm³/mol. The van der Waals surface area contributed by atoms with Gasteiger partial charge in [-0.1, -0.05) is 20.3 Å². The number of aliphatic carboxylic acids is 1. The number of carboxylic acid groups (broad SMARTS) is 1. The molecule has 1 amide bonds. The van der Waals surface area contributed by atoms with Crippen LogP contribution in [0.1, 0.15) is 73.2 Å². The third-order valence-electron chi connectivity index (χ3n) is 7.17. The van der Waals surface area contributed by atoms with Crippen LogP contribution in [0.3, 0.4) is 0 Å². The Morgan fingerprint density at radius 1 is 1.17 bits per heavy atom. The standard InChI is InChI=1S/C26H35N3O3S2.C2HF3O2/c1-4-34(31,32)29-10-8-18(9-11-29)24-15-28-25-22(24)13-19(14-23(25)26(27)30)20-12-21(33-16-20)7-5-6-17(2)3;3-2(4,5)1(6)7/h12-18,28H,4-11H2,1-3H3,(H2,27,30);(H,6,7). The zero-order chi connectivity index (χ0) is 30.5. The van der Waals surface area contributed by atoms with E-state index in [2.05, 4.69) is 36.3 Å². The van der Waals surface area contributed by atoms with Crippen LogP contribution < -0.4 is 5.73 Å². The van der Waals surface area contributed by atoms with E-state index in [9.17, 15) is 26.4 Å². The number of aromatic amines is 1. The van der Waals surface area contributed by atoms with Crippen molar-refractivity contribution >= 4 is 44.1 Å². The van der Waals surface area contributed by atoms with Gasteiger partial charge in [0.2, 0.25) is 10.0 Å². The van der Waals surface area contributed by atoms with Crippen LogP contribution >= 0.6 is 11.3 Å². The van der Waals surface area contributed by atoms with E-state index in [1.807, 2.05) is 12.3 Å². The van der Waals surface area contributed by atoms with Crippen molar-refractivity contribution in [2.75, 3.05) is 18.8 Å². The molecule has 1 saturated heterocycles. The summed E-state index contributed by atoms with van der Waals surface area (Å²) < 4.78 is 57.8. The van der Waals surface area contributed by atoms with Crippen LogP contribution in [0.5, 0.6) is 0 Å². The molecule has 1 aliphatic rings. The molecule has 1 aliphatic heterocycles. The lowest BCUT2D eigenvalue weighted by Gasteiger charge is -2.31. The van der Waals surface area contributed by atoms with E-state index in [1.165, 1.54) is 17.7 Å². The Morgan fingerprint density at radius 3 is 2.34 bits per heavy atom. The first-order chi connectivity index (χ1) is 19.1. The number of H-pyrrole nitrogens is 1. The Hall–Kier alpha value is -2.90. The van der Waals surface area contributed by atoms with Gasteiger partial charge < -0.3 is 15.8 Å². The molecule has 226 valence electrons. The van der Waals surface area contributed by atoms with E-state index in [-0.39, 0.29) is 11.7 Å². The van der Waals surface area contributed by atoms with E-state index in [0.717, 1.165) is 46.9 Å². The largest absolute Gasteiger partial charge is 0.490 e. The van der Waals surface area contributed by atoms with E-state index >= 15 is 0 Å².